The summed E-state index contributed by atoms with van der Waals surface area (Å²) >= 11 is 0. The number of methoxy groups -OCH3 is 1. The van der Waals surface area contributed by atoms with Gasteiger partial charge in [0.25, 0.3) is 0 Å². The summed E-state index contributed by atoms with van der Waals surface area (Å²) < 4.78 is 11.0. The van der Waals surface area contributed by atoms with Crippen LogP contribution in [0.5, 0.6) is 5.75 Å². The Hall–Kier alpha value is -3.80. The Labute approximate surface area is 186 Å². The number of furan rings is 1. The average molecular weight is 428 g/mol. The van der Waals surface area contributed by atoms with Gasteiger partial charge in [-0.15, -0.1) is 0 Å². The van der Waals surface area contributed by atoms with Crippen molar-refractivity contribution in [2.24, 2.45) is 0 Å². The highest BCUT2D eigenvalue weighted by Gasteiger charge is 2.41. The van der Waals surface area contributed by atoms with Crippen LogP contribution in [0.15, 0.2) is 82.6 Å². The zero-order valence-corrected chi connectivity index (χ0v) is 18.0. The van der Waals surface area contributed by atoms with Crippen molar-refractivity contribution in [3.8, 4) is 5.75 Å². The number of ether oxygens (including phenoxy) is 1. The number of hydrogen-bond donors (Lipinski definition) is 1. The average Bonchev–Trinajstić information content (AvgIpc) is 3.28. The summed E-state index contributed by atoms with van der Waals surface area (Å²) in [5.41, 5.74) is 4.04. The summed E-state index contributed by atoms with van der Waals surface area (Å²) in [6.45, 7) is 1.52. The third kappa shape index (κ3) is 3.38. The third-order valence-corrected chi connectivity index (χ3v) is 6.23. The van der Waals surface area contributed by atoms with E-state index in [1.54, 1.807) is 24.3 Å². The largest absolute Gasteiger partial charge is 0.497 e. The molecule has 162 valence electrons. The first kappa shape index (κ1) is 20.1. The zero-order chi connectivity index (χ0) is 22.2. The molecule has 0 bridgehead atoms. The van der Waals surface area contributed by atoms with Gasteiger partial charge in [0.1, 0.15) is 17.6 Å². The van der Waals surface area contributed by atoms with Crippen molar-refractivity contribution < 1.29 is 18.7 Å². The number of hydrogen-bond acceptors (Lipinski definition) is 5. The number of rotatable bonds is 3. The van der Waals surface area contributed by atoms with Gasteiger partial charge < -0.3 is 14.5 Å². The summed E-state index contributed by atoms with van der Waals surface area (Å²) in [4.78, 5) is 28.1. The Morgan fingerprint density at radius 1 is 1.06 bits per heavy atom. The normalized spacial score (nSPS) is 20.2. The molecule has 0 fully saturated rings. The van der Waals surface area contributed by atoms with Crippen LogP contribution in [0.1, 0.15) is 43.0 Å². The molecule has 0 saturated heterocycles. The number of benzene rings is 2. The predicted octanol–water partition coefficient (Wildman–Crippen LogP) is 5.21. The summed E-state index contributed by atoms with van der Waals surface area (Å²) in [5.74, 6) is 1.25. The van der Waals surface area contributed by atoms with E-state index in [9.17, 15) is 9.59 Å². The number of carbonyl (C=O) groups is 2. The van der Waals surface area contributed by atoms with Gasteiger partial charge in [0.2, 0.25) is 5.91 Å². The second kappa shape index (κ2) is 8.04. The molecule has 2 aliphatic rings. The van der Waals surface area contributed by atoms with Crippen molar-refractivity contribution >= 4 is 23.1 Å². The molecule has 0 spiro atoms. The van der Waals surface area contributed by atoms with Gasteiger partial charge in [-0.25, -0.2) is 0 Å². The fourth-order valence-corrected chi connectivity index (χ4v) is 4.77. The van der Waals surface area contributed by atoms with Crippen molar-refractivity contribution in [3.05, 3.63) is 89.5 Å². The van der Waals surface area contributed by atoms with E-state index in [0.29, 0.717) is 24.2 Å². The topological polar surface area (TPSA) is 71.8 Å². The van der Waals surface area contributed by atoms with Crippen LogP contribution in [0.25, 0.3) is 0 Å². The van der Waals surface area contributed by atoms with Crippen molar-refractivity contribution in [1.29, 1.82) is 0 Å². The molecule has 2 heterocycles. The minimum Gasteiger partial charge on any atom is -0.497 e. The number of fused-ring (bicyclic) bond motifs is 1. The lowest BCUT2D eigenvalue weighted by Crippen LogP contribution is -2.37. The van der Waals surface area contributed by atoms with E-state index in [2.05, 4.69) is 5.32 Å². The smallest absolute Gasteiger partial charge is 0.224 e. The van der Waals surface area contributed by atoms with E-state index in [1.165, 1.54) is 6.92 Å². The summed E-state index contributed by atoms with van der Waals surface area (Å²) in [6, 6.07) is 18.5. The lowest BCUT2D eigenvalue weighted by atomic mass is 9.79. The number of nitrogens with zero attached hydrogens (tertiary/aromatic N) is 1. The van der Waals surface area contributed by atoms with Gasteiger partial charge in [0, 0.05) is 24.6 Å². The Kier molecular flexibility index (Phi) is 5.05. The van der Waals surface area contributed by atoms with E-state index in [-0.39, 0.29) is 17.6 Å². The van der Waals surface area contributed by atoms with Crippen molar-refractivity contribution in [3.63, 3.8) is 0 Å². The molecule has 32 heavy (non-hydrogen) atoms. The second-order valence-corrected chi connectivity index (χ2v) is 8.14. The molecular weight excluding hydrogens is 404 g/mol. The van der Waals surface area contributed by atoms with E-state index >= 15 is 0 Å². The number of anilines is 2. The lowest BCUT2D eigenvalue weighted by Gasteiger charge is -2.33. The first-order chi connectivity index (χ1) is 15.6. The molecule has 6 heteroatoms. The standard InChI is InChI=1S/C26H24N2O4/c1-16(29)28-22-7-4-3-6-20(22)27-21-14-18(17-9-11-19(31-2)12-10-17)15-23(30)25(21)26(28)24-8-5-13-32-24/h3-13,18,26-27H,14-15H2,1-2H3/t18-,26-/m0/s1. The van der Waals surface area contributed by atoms with Gasteiger partial charge >= 0.3 is 0 Å². The minimum atomic E-state index is -0.613. The molecule has 0 radical (unpaired) electrons. The van der Waals surface area contributed by atoms with E-state index in [4.69, 9.17) is 9.15 Å². The molecule has 0 unspecified atom stereocenters. The van der Waals surface area contributed by atoms with Crippen LogP contribution in [0.4, 0.5) is 11.4 Å². The predicted molar refractivity (Wildman–Crippen MR) is 122 cm³/mol. The number of amides is 1. The fourth-order valence-electron chi connectivity index (χ4n) is 4.77. The van der Waals surface area contributed by atoms with Crippen LogP contribution >= 0.6 is 0 Å². The summed E-state index contributed by atoms with van der Waals surface area (Å²) in [7, 11) is 1.64. The number of Topliss-reactive ketones (excluding diaryl/α,β-unsaturated/α-hetero) is 1. The van der Waals surface area contributed by atoms with Gasteiger partial charge in [0.05, 0.1) is 24.7 Å². The van der Waals surface area contributed by atoms with Crippen molar-refractivity contribution in [1.82, 2.24) is 0 Å². The highest BCUT2D eigenvalue weighted by atomic mass is 16.5. The Bertz CT molecular complexity index is 1190. The first-order valence-corrected chi connectivity index (χ1v) is 10.7. The van der Waals surface area contributed by atoms with Gasteiger partial charge in [-0.2, -0.15) is 0 Å². The van der Waals surface area contributed by atoms with E-state index < -0.39 is 6.04 Å². The first-order valence-electron chi connectivity index (χ1n) is 10.7. The highest BCUT2D eigenvalue weighted by Crippen LogP contribution is 2.47. The molecule has 2 aromatic carbocycles. The molecule has 6 nitrogen and oxygen atoms in total. The van der Waals surface area contributed by atoms with E-state index in [1.807, 2.05) is 54.6 Å². The molecular formula is C26H24N2O4. The van der Waals surface area contributed by atoms with Crippen LogP contribution in [-0.2, 0) is 9.59 Å². The number of carbonyl (C=O) groups excluding carboxylic acids is 2. The zero-order valence-electron chi connectivity index (χ0n) is 18.0. The van der Waals surface area contributed by atoms with Crippen LogP contribution in [0, 0.1) is 0 Å². The minimum absolute atomic E-state index is 0.0139. The maximum absolute atomic E-state index is 13.6. The van der Waals surface area contributed by atoms with Gasteiger partial charge in [-0.3, -0.25) is 14.5 Å². The summed E-state index contributed by atoms with van der Waals surface area (Å²) in [5, 5.41) is 3.49. The third-order valence-electron chi connectivity index (χ3n) is 6.23. The molecule has 1 aliphatic carbocycles. The monoisotopic (exact) mass is 428 g/mol. The van der Waals surface area contributed by atoms with Gasteiger partial charge in [0.15, 0.2) is 5.78 Å². The molecule has 0 saturated carbocycles. The number of nitrogens with one attached hydrogen (secondary N) is 1. The molecule has 1 amide bonds. The van der Waals surface area contributed by atoms with E-state index in [0.717, 1.165) is 28.4 Å². The molecule has 5 rings (SSSR count). The van der Waals surface area contributed by atoms with Crippen LogP contribution < -0.4 is 15.0 Å². The Morgan fingerprint density at radius 2 is 1.84 bits per heavy atom. The maximum atomic E-state index is 13.6. The summed E-state index contributed by atoms with van der Waals surface area (Å²) in [6.07, 6.45) is 2.60. The highest BCUT2D eigenvalue weighted by molar-refractivity contribution is 6.05. The maximum Gasteiger partial charge on any atom is 0.224 e. The molecule has 1 aromatic heterocycles. The molecule has 2 atom stereocenters. The quantitative estimate of drug-likeness (QED) is 0.620. The number of allylic oxidation sites excluding steroid dienone is 1. The van der Waals surface area contributed by atoms with Gasteiger partial charge in [-0.05, 0) is 54.3 Å². The Morgan fingerprint density at radius 3 is 2.53 bits per heavy atom. The second-order valence-electron chi connectivity index (χ2n) is 8.14. The SMILES string of the molecule is COc1ccc([C@@H]2CC(=O)C3=C(C2)Nc2ccccc2N(C(C)=O)[C@H]3c2ccco2)cc1. The van der Waals surface area contributed by atoms with Crippen LogP contribution in [0.2, 0.25) is 0 Å². The molecule has 1 N–H and O–H groups in total. The fraction of sp³-hybridized carbons (Fsp3) is 0.231. The van der Waals surface area contributed by atoms with Crippen LogP contribution in [0.3, 0.4) is 0 Å². The Balaban J connectivity index is 1.64. The van der Waals surface area contributed by atoms with Crippen molar-refractivity contribution in [2.45, 2.75) is 31.7 Å². The van der Waals surface area contributed by atoms with Gasteiger partial charge in [-0.1, -0.05) is 24.3 Å². The lowest BCUT2D eigenvalue weighted by molar-refractivity contribution is -0.117. The number of para-hydroxylation sites is 2. The molecule has 3 aromatic rings. The molecule has 1 aliphatic heterocycles. The van der Waals surface area contributed by atoms with Crippen LogP contribution in [-0.4, -0.2) is 18.8 Å². The van der Waals surface area contributed by atoms with Crippen molar-refractivity contribution in [2.75, 3.05) is 17.3 Å². The number of ketones is 1.